The van der Waals surface area contributed by atoms with Crippen molar-refractivity contribution in [3.63, 3.8) is 0 Å². The molecule has 1 N–H and O–H groups in total. The lowest BCUT2D eigenvalue weighted by molar-refractivity contribution is -0.113. The number of rotatable bonds is 5. The Morgan fingerprint density at radius 3 is 2.79 bits per heavy atom. The molecule has 1 amide bonds. The first-order valence-corrected chi connectivity index (χ1v) is 10.9. The van der Waals surface area contributed by atoms with Crippen molar-refractivity contribution in [2.75, 3.05) is 29.1 Å². The summed E-state index contributed by atoms with van der Waals surface area (Å²) in [6, 6.07) is 5.65. The van der Waals surface area contributed by atoms with Gasteiger partial charge in [-0.3, -0.25) is 9.20 Å². The number of carbonyl (C=O) groups excluding carboxylic acids is 1. The summed E-state index contributed by atoms with van der Waals surface area (Å²) in [5, 5.41) is 12.8. The summed E-state index contributed by atoms with van der Waals surface area (Å²) in [5.74, 6) is -0.402. The summed E-state index contributed by atoms with van der Waals surface area (Å²) < 4.78 is 15.6. The number of halogens is 1. The van der Waals surface area contributed by atoms with E-state index < -0.39 is 0 Å². The molecule has 1 aromatic carbocycles. The van der Waals surface area contributed by atoms with Crippen LogP contribution in [0.25, 0.3) is 16.0 Å². The van der Waals surface area contributed by atoms with Gasteiger partial charge in [-0.15, -0.1) is 10.2 Å². The molecule has 5 rings (SSSR count). The van der Waals surface area contributed by atoms with Crippen molar-refractivity contribution in [1.82, 2.24) is 24.6 Å². The first kappa shape index (κ1) is 18.3. The maximum Gasteiger partial charge on any atom is 0.234 e. The van der Waals surface area contributed by atoms with Crippen molar-refractivity contribution in [2.45, 2.75) is 18.0 Å². The topological polar surface area (TPSA) is 88.3 Å². The number of thioether (sulfide) groups is 1. The van der Waals surface area contributed by atoms with E-state index in [1.165, 1.54) is 48.9 Å². The van der Waals surface area contributed by atoms with Crippen LogP contribution in [0.5, 0.6) is 0 Å². The molecule has 8 nitrogen and oxygen atoms in total. The van der Waals surface area contributed by atoms with E-state index in [0.717, 1.165) is 22.9 Å². The summed E-state index contributed by atoms with van der Waals surface area (Å²) in [4.78, 5) is 23.5. The normalized spacial score (nSPS) is 14.2. The maximum atomic E-state index is 13.0. The highest BCUT2D eigenvalue weighted by atomic mass is 32.2. The van der Waals surface area contributed by atoms with Crippen LogP contribution in [-0.4, -0.2) is 49.3 Å². The van der Waals surface area contributed by atoms with E-state index >= 15 is 0 Å². The third-order valence-corrected chi connectivity index (χ3v) is 6.64. The smallest absolute Gasteiger partial charge is 0.234 e. The molecule has 0 radical (unpaired) electrons. The van der Waals surface area contributed by atoms with Gasteiger partial charge in [-0.25, -0.2) is 9.37 Å². The van der Waals surface area contributed by atoms with Crippen molar-refractivity contribution in [1.29, 1.82) is 0 Å². The summed E-state index contributed by atoms with van der Waals surface area (Å²) in [7, 11) is 0. The minimum atomic E-state index is -0.345. The number of nitrogens with one attached hydrogen (secondary N) is 1. The Bertz CT molecular complexity index is 1180. The number of hydrogen-bond donors (Lipinski definition) is 1. The zero-order chi connectivity index (χ0) is 19.8. The fourth-order valence-corrected chi connectivity index (χ4v) is 4.94. The van der Waals surface area contributed by atoms with E-state index in [9.17, 15) is 9.18 Å². The van der Waals surface area contributed by atoms with Gasteiger partial charge in [-0.1, -0.05) is 23.1 Å². The van der Waals surface area contributed by atoms with Gasteiger partial charge in [0, 0.05) is 18.8 Å². The van der Waals surface area contributed by atoms with Gasteiger partial charge in [0.05, 0.1) is 5.75 Å². The highest BCUT2D eigenvalue weighted by Gasteiger charge is 2.20. The second-order valence-corrected chi connectivity index (χ2v) is 8.53. The van der Waals surface area contributed by atoms with Crippen LogP contribution in [-0.2, 0) is 4.79 Å². The van der Waals surface area contributed by atoms with Gasteiger partial charge in [0.25, 0.3) is 0 Å². The number of carbonyl (C=O) groups is 1. The van der Waals surface area contributed by atoms with Gasteiger partial charge in [-0.05, 0) is 37.1 Å². The van der Waals surface area contributed by atoms with Crippen molar-refractivity contribution < 1.29 is 9.18 Å². The largest absolute Gasteiger partial charge is 0.348 e. The Kier molecular flexibility index (Phi) is 4.76. The molecular formula is C18H16FN7OS2. The van der Waals surface area contributed by atoms with E-state index in [4.69, 9.17) is 0 Å². The summed E-state index contributed by atoms with van der Waals surface area (Å²) in [6.07, 6.45) is 4.01. The molecule has 3 aromatic heterocycles. The Hall–Kier alpha value is -2.79. The first-order chi connectivity index (χ1) is 14.2. The molecule has 0 saturated carbocycles. The summed E-state index contributed by atoms with van der Waals surface area (Å²) in [6.45, 7) is 2.04. The minimum Gasteiger partial charge on any atom is -0.348 e. The van der Waals surface area contributed by atoms with Crippen LogP contribution < -0.4 is 10.2 Å². The van der Waals surface area contributed by atoms with Gasteiger partial charge in [0.1, 0.15) is 16.8 Å². The van der Waals surface area contributed by atoms with Crippen molar-refractivity contribution in [3.8, 4) is 0 Å². The summed E-state index contributed by atoms with van der Waals surface area (Å²) >= 11 is 2.84. The van der Waals surface area contributed by atoms with Gasteiger partial charge >= 0.3 is 0 Å². The van der Waals surface area contributed by atoms with E-state index in [2.05, 4.69) is 30.4 Å². The monoisotopic (exact) mass is 429 g/mol. The van der Waals surface area contributed by atoms with Crippen molar-refractivity contribution >= 4 is 55.8 Å². The van der Waals surface area contributed by atoms with E-state index in [-0.39, 0.29) is 17.5 Å². The number of fused-ring (bicyclic) bond motifs is 3. The van der Waals surface area contributed by atoms with Gasteiger partial charge in [-0.2, -0.15) is 4.98 Å². The number of aromatic nitrogens is 5. The second-order valence-electron chi connectivity index (χ2n) is 6.61. The number of anilines is 2. The molecule has 0 atom stereocenters. The van der Waals surface area contributed by atoms with Crippen molar-refractivity contribution in [3.05, 3.63) is 36.4 Å². The fourth-order valence-electron chi connectivity index (χ4n) is 3.19. The lowest BCUT2D eigenvalue weighted by Gasteiger charge is -2.11. The third-order valence-electron chi connectivity index (χ3n) is 4.60. The number of hydrogen-bond acceptors (Lipinski definition) is 8. The number of nitrogens with zero attached hydrogens (tertiary/aromatic N) is 6. The summed E-state index contributed by atoms with van der Waals surface area (Å²) in [5.41, 5.74) is 1.91. The van der Waals surface area contributed by atoms with Crippen LogP contribution >= 0.6 is 23.1 Å². The van der Waals surface area contributed by atoms with E-state index in [1.807, 2.05) is 0 Å². The second kappa shape index (κ2) is 7.56. The van der Waals surface area contributed by atoms with Crippen LogP contribution in [0.2, 0.25) is 0 Å². The number of amides is 1. The first-order valence-electron chi connectivity index (χ1n) is 9.11. The van der Waals surface area contributed by atoms with Crippen LogP contribution in [0.4, 0.5) is 15.2 Å². The molecule has 0 unspecified atom stereocenters. The number of thiazole rings is 1. The zero-order valence-corrected chi connectivity index (χ0v) is 16.8. The average molecular weight is 430 g/mol. The predicted octanol–water partition coefficient (Wildman–Crippen LogP) is 3.20. The van der Waals surface area contributed by atoms with E-state index in [1.54, 1.807) is 22.1 Å². The lowest BCUT2D eigenvalue weighted by Crippen LogP contribution is -2.16. The molecule has 0 spiro atoms. The molecule has 4 heterocycles. The molecule has 1 aliphatic heterocycles. The molecular weight excluding hydrogens is 413 g/mol. The van der Waals surface area contributed by atoms with Crippen LogP contribution in [0, 0.1) is 5.82 Å². The molecule has 1 fully saturated rings. The number of benzene rings is 1. The molecule has 4 aromatic rings. The van der Waals surface area contributed by atoms with Crippen molar-refractivity contribution in [2.24, 2.45) is 0 Å². The SMILES string of the molecule is O=C(CSc1nnc2c3sc(N4CCCC4)nc3ncn12)Nc1ccc(F)cc1. The Morgan fingerprint density at radius 2 is 2.00 bits per heavy atom. The highest BCUT2D eigenvalue weighted by Crippen LogP contribution is 2.32. The molecule has 29 heavy (non-hydrogen) atoms. The minimum absolute atomic E-state index is 0.151. The molecule has 1 aliphatic rings. The molecule has 1 saturated heterocycles. The molecule has 0 bridgehead atoms. The Morgan fingerprint density at radius 1 is 1.21 bits per heavy atom. The predicted molar refractivity (Wildman–Crippen MR) is 111 cm³/mol. The quantitative estimate of drug-likeness (QED) is 0.487. The van der Waals surface area contributed by atoms with Crippen LogP contribution in [0.3, 0.4) is 0 Å². The average Bonchev–Trinajstić information content (AvgIpc) is 3.46. The van der Waals surface area contributed by atoms with Crippen LogP contribution in [0.1, 0.15) is 12.8 Å². The lowest BCUT2D eigenvalue weighted by atomic mass is 10.3. The highest BCUT2D eigenvalue weighted by molar-refractivity contribution is 7.99. The van der Waals surface area contributed by atoms with Gasteiger partial charge in [0.2, 0.25) is 5.91 Å². The maximum absolute atomic E-state index is 13.0. The third kappa shape index (κ3) is 3.62. The molecule has 11 heteroatoms. The fraction of sp³-hybridized carbons (Fsp3) is 0.278. The molecule has 148 valence electrons. The zero-order valence-electron chi connectivity index (χ0n) is 15.2. The van der Waals surface area contributed by atoms with Crippen LogP contribution in [0.15, 0.2) is 35.7 Å². The Labute approximate surface area is 173 Å². The van der Waals surface area contributed by atoms with Gasteiger partial charge < -0.3 is 10.2 Å². The van der Waals surface area contributed by atoms with Gasteiger partial charge in [0.15, 0.2) is 21.6 Å². The standard InChI is InChI=1S/C18H16FN7OS2/c19-11-3-5-12(6-4-11)21-13(27)9-28-18-24-23-16-14-15(20-10-26(16)18)22-17(29-14)25-7-1-2-8-25/h3-6,10H,1-2,7-9H2,(H,21,27). The molecule has 0 aliphatic carbocycles. The van der Waals surface area contributed by atoms with E-state index in [0.29, 0.717) is 22.1 Å². The Balaban J connectivity index is 1.33.